The lowest BCUT2D eigenvalue weighted by Crippen LogP contribution is -2.43. The SMILES string of the molecule is CC(C)CNS(=O)(=O)c1ccc2nc(NC3CCN(C4CCCC4)CC3)sc2c1. The zero-order valence-electron chi connectivity index (χ0n) is 17.4. The second-order valence-corrected chi connectivity index (χ2v) is 11.6. The Morgan fingerprint density at radius 1 is 1.17 bits per heavy atom. The molecule has 1 aromatic heterocycles. The van der Waals surface area contributed by atoms with Gasteiger partial charge in [0.25, 0.3) is 0 Å². The highest BCUT2D eigenvalue weighted by Crippen LogP contribution is 2.31. The number of piperidine rings is 1. The van der Waals surface area contributed by atoms with E-state index in [0.717, 1.165) is 47.3 Å². The number of likely N-dealkylation sites (tertiary alicyclic amines) is 1. The van der Waals surface area contributed by atoms with Crippen LogP contribution in [0.5, 0.6) is 0 Å². The molecule has 1 aliphatic heterocycles. The molecule has 0 radical (unpaired) electrons. The lowest BCUT2D eigenvalue weighted by atomic mass is 10.0. The Morgan fingerprint density at radius 2 is 1.90 bits per heavy atom. The van der Waals surface area contributed by atoms with Gasteiger partial charge in [0, 0.05) is 31.7 Å². The fraction of sp³-hybridized carbons (Fsp3) is 0.667. The van der Waals surface area contributed by atoms with Gasteiger partial charge in [0.2, 0.25) is 10.0 Å². The second-order valence-electron chi connectivity index (χ2n) is 8.79. The molecule has 0 bridgehead atoms. The number of nitrogens with one attached hydrogen (secondary N) is 2. The van der Waals surface area contributed by atoms with E-state index >= 15 is 0 Å². The number of sulfonamides is 1. The van der Waals surface area contributed by atoms with Gasteiger partial charge in [-0.25, -0.2) is 18.1 Å². The average Bonchev–Trinajstić information content (AvgIpc) is 3.36. The smallest absolute Gasteiger partial charge is 0.240 e. The summed E-state index contributed by atoms with van der Waals surface area (Å²) in [7, 11) is -3.48. The third kappa shape index (κ3) is 5.10. The molecule has 0 unspecified atom stereocenters. The van der Waals surface area contributed by atoms with Crippen molar-refractivity contribution in [2.45, 2.75) is 69.4 Å². The van der Waals surface area contributed by atoms with Crippen molar-refractivity contribution in [1.29, 1.82) is 0 Å². The Hall–Kier alpha value is -1.22. The summed E-state index contributed by atoms with van der Waals surface area (Å²) in [6, 6.07) is 6.45. The first-order valence-electron chi connectivity index (χ1n) is 10.8. The first kappa shape index (κ1) is 21.0. The number of nitrogens with zero attached hydrogens (tertiary/aromatic N) is 2. The number of hydrogen-bond acceptors (Lipinski definition) is 6. The second kappa shape index (κ2) is 8.88. The van der Waals surface area contributed by atoms with E-state index in [1.54, 1.807) is 23.5 Å². The molecule has 2 aromatic rings. The molecule has 1 saturated heterocycles. The monoisotopic (exact) mass is 436 g/mol. The van der Waals surface area contributed by atoms with Crippen molar-refractivity contribution in [3.63, 3.8) is 0 Å². The third-order valence-corrected chi connectivity index (χ3v) is 8.42. The van der Waals surface area contributed by atoms with Crippen LogP contribution in [0.4, 0.5) is 5.13 Å². The van der Waals surface area contributed by atoms with Gasteiger partial charge in [0.1, 0.15) is 0 Å². The van der Waals surface area contributed by atoms with Crippen LogP contribution in [-0.2, 0) is 10.0 Å². The van der Waals surface area contributed by atoms with E-state index in [9.17, 15) is 8.42 Å². The lowest BCUT2D eigenvalue weighted by molar-refractivity contribution is 0.159. The van der Waals surface area contributed by atoms with Crippen LogP contribution < -0.4 is 10.0 Å². The van der Waals surface area contributed by atoms with Gasteiger partial charge < -0.3 is 10.2 Å². The van der Waals surface area contributed by atoms with Crippen LogP contribution >= 0.6 is 11.3 Å². The van der Waals surface area contributed by atoms with E-state index < -0.39 is 10.0 Å². The Balaban J connectivity index is 1.39. The molecule has 8 heteroatoms. The molecule has 0 amide bonds. The van der Waals surface area contributed by atoms with E-state index in [2.05, 4.69) is 19.9 Å². The van der Waals surface area contributed by atoms with Crippen molar-refractivity contribution in [3.05, 3.63) is 18.2 Å². The minimum Gasteiger partial charge on any atom is -0.359 e. The standard InChI is InChI=1S/C21H32N4O2S2/c1-15(2)14-22-29(26,27)18-7-8-19-20(13-18)28-21(24-19)23-16-9-11-25(12-10-16)17-5-3-4-6-17/h7-8,13,15-17,22H,3-6,9-12,14H2,1-2H3,(H,23,24). The van der Waals surface area contributed by atoms with Crippen LogP contribution in [0.15, 0.2) is 23.1 Å². The van der Waals surface area contributed by atoms with Crippen LogP contribution in [0.1, 0.15) is 52.4 Å². The molecular formula is C21H32N4O2S2. The highest BCUT2D eigenvalue weighted by molar-refractivity contribution is 7.89. The van der Waals surface area contributed by atoms with Gasteiger partial charge in [-0.2, -0.15) is 0 Å². The van der Waals surface area contributed by atoms with E-state index in [0.29, 0.717) is 17.5 Å². The summed E-state index contributed by atoms with van der Waals surface area (Å²) < 4.78 is 28.6. The van der Waals surface area contributed by atoms with Gasteiger partial charge in [0.05, 0.1) is 15.1 Å². The maximum absolute atomic E-state index is 12.5. The minimum atomic E-state index is -3.48. The molecule has 1 aliphatic carbocycles. The maximum Gasteiger partial charge on any atom is 0.240 e. The summed E-state index contributed by atoms with van der Waals surface area (Å²) in [5.41, 5.74) is 0.851. The number of fused-ring (bicyclic) bond motifs is 1. The van der Waals surface area contributed by atoms with E-state index in [1.165, 1.54) is 25.7 Å². The Labute approximate surface area is 178 Å². The normalized spacial score (nSPS) is 20.1. The van der Waals surface area contributed by atoms with Gasteiger partial charge in [-0.1, -0.05) is 38.0 Å². The fourth-order valence-electron chi connectivity index (χ4n) is 4.35. The van der Waals surface area contributed by atoms with E-state index in [1.807, 2.05) is 19.9 Å². The molecule has 1 saturated carbocycles. The summed E-state index contributed by atoms with van der Waals surface area (Å²) in [4.78, 5) is 7.66. The number of rotatable bonds is 7. The first-order valence-corrected chi connectivity index (χ1v) is 13.1. The van der Waals surface area contributed by atoms with Crippen LogP contribution in [0.25, 0.3) is 10.2 Å². The zero-order valence-corrected chi connectivity index (χ0v) is 19.0. The van der Waals surface area contributed by atoms with Gasteiger partial charge >= 0.3 is 0 Å². The molecule has 4 rings (SSSR count). The molecule has 6 nitrogen and oxygen atoms in total. The number of hydrogen-bond donors (Lipinski definition) is 2. The average molecular weight is 437 g/mol. The number of benzene rings is 1. The summed E-state index contributed by atoms with van der Waals surface area (Å²) >= 11 is 1.54. The fourth-order valence-corrected chi connectivity index (χ4v) is 6.64. The van der Waals surface area contributed by atoms with Crippen molar-refractivity contribution in [3.8, 4) is 0 Å². The molecule has 2 aliphatic rings. The molecular weight excluding hydrogens is 404 g/mol. The maximum atomic E-state index is 12.5. The first-order chi connectivity index (χ1) is 13.9. The van der Waals surface area contributed by atoms with Crippen LogP contribution in [0.3, 0.4) is 0 Å². The van der Waals surface area contributed by atoms with Gasteiger partial charge in [-0.05, 0) is 49.8 Å². The molecule has 160 valence electrons. The third-order valence-electron chi connectivity index (χ3n) is 6.05. The molecule has 29 heavy (non-hydrogen) atoms. The number of anilines is 1. The highest BCUT2D eigenvalue weighted by atomic mass is 32.2. The zero-order chi connectivity index (χ0) is 20.4. The molecule has 0 atom stereocenters. The van der Waals surface area contributed by atoms with Crippen LogP contribution in [0.2, 0.25) is 0 Å². The van der Waals surface area contributed by atoms with Crippen molar-refractivity contribution in [2.75, 3.05) is 25.0 Å². The summed E-state index contributed by atoms with van der Waals surface area (Å²) in [6.45, 7) is 6.75. The topological polar surface area (TPSA) is 74.3 Å². The predicted octanol–water partition coefficient (Wildman–Crippen LogP) is 4.05. The van der Waals surface area contributed by atoms with Crippen LogP contribution in [0, 0.1) is 5.92 Å². The van der Waals surface area contributed by atoms with E-state index in [-0.39, 0.29) is 5.92 Å². The highest BCUT2D eigenvalue weighted by Gasteiger charge is 2.27. The molecule has 2 N–H and O–H groups in total. The summed E-state index contributed by atoms with van der Waals surface area (Å²) in [5, 5.41) is 4.49. The van der Waals surface area contributed by atoms with Crippen molar-refractivity contribution in [2.24, 2.45) is 5.92 Å². The Bertz CT molecular complexity index is 927. The molecule has 0 spiro atoms. The van der Waals surface area contributed by atoms with Crippen molar-refractivity contribution in [1.82, 2.24) is 14.6 Å². The minimum absolute atomic E-state index is 0.271. The van der Waals surface area contributed by atoms with Crippen LogP contribution in [-0.4, -0.2) is 50.0 Å². The predicted molar refractivity (Wildman–Crippen MR) is 120 cm³/mol. The van der Waals surface area contributed by atoms with Gasteiger partial charge in [-0.3, -0.25) is 0 Å². The summed E-state index contributed by atoms with van der Waals surface area (Å²) in [5.74, 6) is 0.271. The Morgan fingerprint density at radius 3 is 2.59 bits per heavy atom. The molecule has 2 fully saturated rings. The lowest BCUT2D eigenvalue weighted by Gasteiger charge is -2.36. The van der Waals surface area contributed by atoms with Crippen molar-refractivity contribution >= 4 is 36.7 Å². The quantitative estimate of drug-likeness (QED) is 0.685. The van der Waals surface area contributed by atoms with Gasteiger partial charge in [-0.15, -0.1) is 0 Å². The van der Waals surface area contributed by atoms with Gasteiger partial charge in [0.15, 0.2) is 5.13 Å². The number of thiazole rings is 1. The van der Waals surface area contributed by atoms with E-state index in [4.69, 9.17) is 0 Å². The summed E-state index contributed by atoms with van der Waals surface area (Å²) in [6.07, 6.45) is 7.80. The Kier molecular flexibility index (Phi) is 6.44. The largest absolute Gasteiger partial charge is 0.359 e. The number of aromatic nitrogens is 1. The molecule has 2 heterocycles. The van der Waals surface area contributed by atoms with Crippen molar-refractivity contribution < 1.29 is 8.42 Å². The molecule has 1 aromatic carbocycles.